The van der Waals surface area contributed by atoms with E-state index in [9.17, 15) is 14.7 Å². The number of Topliss-reactive ketones (excluding diaryl/α,β-unsaturated/α-hetero) is 1. The van der Waals surface area contributed by atoms with Crippen LogP contribution in [-0.2, 0) is 14.3 Å². The summed E-state index contributed by atoms with van der Waals surface area (Å²) in [7, 11) is 1.45. The van der Waals surface area contributed by atoms with Crippen LogP contribution in [-0.4, -0.2) is 30.6 Å². The van der Waals surface area contributed by atoms with Crippen molar-refractivity contribution >= 4 is 29.0 Å². The highest BCUT2D eigenvalue weighted by Gasteiger charge is 2.46. The Bertz CT molecular complexity index is 1250. The second kappa shape index (κ2) is 9.30. The normalized spacial score (nSPS) is 19.5. The van der Waals surface area contributed by atoms with Gasteiger partial charge >= 0.3 is 5.97 Å². The number of phenolic OH excluding ortho intramolecular Hbond substituents is 1. The summed E-state index contributed by atoms with van der Waals surface area (Å²) in [4.78, 5) is 28.8. The van der Waals surface area contributed by atoms with Crippen LogP contribution in [0.2, 0.25) is 5.02 Å². The molecule has 0 spiro atoms. The molecule has 2 aromatic carbocycles. The van der Waals surface area contributed by atoms with E-state index in [-0.39, 0.29) is 40.7 Å². The second-order valence-electron chi connectivity index (χ2n) is 9.50. The zero-order valence-corrected chi connectivity index (χ0v) is 21.0. The number of hydrogen-bond donors (Lipinski definition) is 2. The van der Waals surface area contributed by atoms with Crippen molar-refractivity contribution < 1.29 is 24.2 Å². The molecule has 0 amide bonds. The molecule has 0 fully saturated rings. The summed E-state index contributed by atoms with van der Waals surface area (Å²) in [6, 6.07) is 11.9. The summed E-state index contributed by atoms with van der Waals surface area (Å²) < 4.78 is 10.6. The first kappa shape index (κ1) is 24.7. The molecule has 1 aliphatic carbocycles. The van der Waals surface area contributed by atoms with Crippen LogP contribution in [0.5, 0.6) is 11.5 Å². The van der Waals surface area contributed by atoms with Crippen molar-refractivity contribution in [1.29, 1.82) is 0 Å². The number of esters is 1. The van der Waals surface area contributed by atoms with Gasteiger partial charge in [-0.1, -0.05) is 31.5 Å². The Labute approximate surface area is 209 Å². The van der Waals surface area contributed by atoms with Gasteiger partial charge in [0.15, 0.2) is 17.3 Å². The number of carbonyl (C=O) groups excluding carboxylic acids is 2. The van der Waals surface area contributed by atoms with Crippen LogP contribution >= 0.6 is 11.6 Å². The monoisotopic (exact) mass is 496 g/mol. The first-order valence-electron chi connectivity index (χ1n) is 11.4. The first-order chi connectivity index (χ1) is 16.6. The quantitative estimate of drug-likeness (QED) is 0.559. The number of nitrogens with zero attached hydrogens (tertiary/aromatic N) is 1. The Morgan fingerprint density at radius 3 is 2.49 bits per heavy atom. The van der Waals surface area contributed by atoms with E-state index in [0.29, 0.717) is 34.7 Å². The second-order valence-corrected chi connectivity index (χ2v) is 9.93. The fraction of sp³-hybridized carbons (Fsp3) is 0.333. The number of benzene rings is 2. The molecular weight excluding hydrogens is 468 g/mol. The number of ether oxygens (including phenoxy) is 2. The zero-order chi connectivity index (χ0) is 25.5. The number of rotatable bonds is 5. The molecule has 0 saturated heterocycles. The predicted molar refractivity (Wildman–Crippen MR) is 134 cm³/mol. The molecule has 0 aromatic heterocycles. The van der Waals surface area contributed by atoms with E-state index in [1.807, 2.05) is 13.8 Å². The minimum atomic E-state index is -0.798. The molecule has 1 heterocycles. The van der Waals surface area contributed by atoms with Crippen LogP contribution in [0.3, 0.4) is 0 Å². The van der Waals surface area contributed by atoms with Crippen LogP contribution < -0.4 is 15.4 Å². The first-order valence-corrected chi connectivity index (χ1v) is 11.8. The molecule has 7 nitrogen and oxygen atoms in total. The van der Waals surface area contributed by atoms with Gasteiger partial charge < -0.3 is 20.3 Å². The summed E-state index contributed by atoms with van der Waals surface area (Å²) >= 11 is 6.12. The van der Waals surface area contributed by atoms with E-state index < -0.39 is 11.9 Å². The molecule has 0 bridgehead atoms. The van der Waals surface area contributed by atoms with E-state index in [4.69, 9.17) is 26.8 Å². The summed E-state index contributed by atoms with van der Waals surface area (Å²) in [5, 5.41) is 11.1. The SMILES string of the molecule is CCOC(=O)C1=C(N)N(c2ccc(Cl)cc2)C2=C(C(=O)CC(C)(C)C2)[C@@H]1c1ccc(OC)c(O)c1. The summed E-state index contributed by atoms with van der Waals surface area (Å²) in [6.45, 7) is 5.92. The lowest BCUT2D eigenvalue weighted by atomic mass is 9.68. The molecule has 0 unspecified atom stereocenters. The number of phenols is 1. The molecule has 4 rings (SSSR count). The topological polar surface area (TPSA) is 102 Å². The summed E-state index contributed by atoms with van der Waals surface area (Å²) in [5.41, 5.74) is 8.99. The van der Waals surface area contributed by atoms with Crippen molar-refractivity contribution in [3.8, 4) is 11.5 Å². The third-order valence-electron chi connectivity index (χ3n) is 6.38. The lowest BCUT2D eigenvalue weighted by molar-refractivity contribution is -0.138. The van der Waals surface area contributed by atoms with Crippen molar-refractivity contribution in [2.24, 2.45) is 11.1 Å². The number of carbonyl (C=O) groups is 2. The van der Waals surface area contributed by atoms with Gasteiger partial charge in [0, 0.05) is 28.4 Å². The van der Waals surface area contributed by atoms with E-state index in [1.165, 1.54) is 13.2 Å². The van der Waals surface area contributed by atoms with Gasteiger partial charge in [0.05, 0.1) is 25.2 Å². The Balaban J connectivity index is 2.02. The molecule has 3 N–H and O–H groups in total. The van der Waals surface area contributed by atoms with Crippen LogP contribution in [0.15, 0.2) is 65.1 Å². The van der Waals surface area contributed by atoms with Gasteiger partial charge in [-0.25, -0.2) is 4.79 Å². The number of halogens is 1. The van der Waals surface area contributed by atoms with Gasteiger partial charge in [-0.2, -0.15) is 0 Å². The molecular formula is C27H29ClN2O5. The smallest absolute Gasteiger partial charge is 0.338 e. The van der Waals surface area contributed by atoms with Gasteiger partial charge in [0.2, 0.25) is 0 Å². The van der Waals surface area contributed by atoms with E-state index in [2.05, 4.69) is 0 Å². The van der Waals surface area contributed by atoms with Crippen molar-refractivity contribution in [3.05, 3.63) is 75.7 Å². The maximum Gasteiger partial charge on any atom is 0.338 e. The van der Waals surface area contributed by atoms with Crippen LogP contribution in [0.1, 0.15) is 45.1 Å². The molecule has 2 aromatic rings. The largest absolute Gasteiger partial charge is 0.504 e. The highest BCUT2D eigenvalue weighted by molar-refractivity contribution is 6.30. The van der Waals surface area contributed by atoms with E-state index >= 15 is 0 Å². The highest BCUT2D eigenvalue weighted by Crippen LogP contribution is 2.51. The molecule has 1 atom stereocenters. The van der Waals surface area contributed by atoms with Crippen LogP contribution in [0.4, 0.5) is 5.69 Å². The maximum atomic E-state index is 13.7. The van der Waals surface area contributed by atoms with Crippen molar-refractivity contribution in [2.45, 2.75) is 39.5 Å². The number of ketones is 1. The number of aromatic hydroxyl groups is 1. The number of anilines is 1. The molecule has 8 heteroatoms. The van der Waals surface area contributed by atoms with E-state index in [1.54, 1.807) is 48.2 Å². The van der Waals surface area contributed by atoms with Crippen molar-refractivity contribution in [1.82, 2.24) is 0 Å². The van der Waals surface area contributed by atoms with Gasteiger partial charge in [0.1, 0.15) is 5.82 Å². The predicted octanol–water partition coefficient (Wildman–Crippen LogP) is 5.03. The Hall–Kier alpha value is -3.45. The molecule has 35 heavy (non-hydrogen) atoms. The molecule has 0 radical (unpaired) electrons. The average molecular weight is 497 g/mol. The summed E-state index contributed by atoms with van der Waals surface area (Å²) in [6.07, 6.45) is 0.876. The number of allylic oxidation sites excluding steroid dienone is 2. The zero-order valence-electron chi connectivity index (χ0n) is 20.2. The summed E-state index contributed by atoms with van der Waals surface area (Å²) in [5.74, 6) is -1.13. The van der Waals surface area contributed by atoms with E-state index in [0.717, 1.165) is 5.70 Å². The minimum absolute atomic E-state index is 0.0789. The number of hydrogen-bond acceptors (Lipinski definition) is 7. The van der Waals surface area contributed by atoms with Gasteiger partial charge in [-0.05, 0) is 60.7 Å². The molecule has 2 aliphatic rings. The van der Waals surface area contributed by atoms with Crippen molar-refractivity contribution in [3.63, 3.8) is 0 Å². The van der Waals surface area contributed by atoms with Crippen molar-refractivity contribution in [2.75, 3.05) is 18.6 Å². The third-order valence-corrected chi connectivity index (χ3v) is 6.63. The Morgan fingerprint density at radius 2 is 1.89 bits per heavy atom. The number of methoxy groups -OCH3 is 1. The Kier molecular flexibility index (Phi) is 6.56. The minimum Gasteiger partial charge on any atom is -0.504 e. The van der Waals surface area contributed by atoms with Gasteiger partial charge in [0.25, 0.3) is 0 Å². The average Bonchev–Trinajstić information content (AvgIpc) is 2.78. The van der Waals surface area contributed by atoms with Gasteiger partial charge in [-0.15, -0.1) is 0 Å². The number of nitrogens with two attached hydrogens (primary N) is 1. The molecule has 184 valence electrons. The third kappa shape index (κ3) is 4.48. The fourth-order valence-electron chi connectivity index (χ4n) is 4.92. The molecule has 0 saturated carbocycles. The van der Waals surface area contributed by atoms with Crippen LogP contribution in [0, 0.1) is 5.41 Å². The lowest BCUT2D eigenvalue weighted by Crippen LogP contribution is -2.43. The highest BCUT2D eigenvalue weighted by atomic mass is 35.5. The van der Waals surface area contributed by atoms with Gasteiger partial charge in [-0.3, -0.25) is 9.69 Å². The fourth-order valence-corrected chi connectivity index (χ4v) is 5.05. The lowest BCUT2D eigenvalue weighted by Gasteiger charge is -2.44. The standard InChI is InChI=1S/C27H29ClN2O5/c1-5-35-26(33)24-22(15-6-11-21(34-4)19(31)12-15)23-18(13-27(2,3)14-20(23)32)30(25(24)29)17-9-7-16(28)8-10-17/h6-12,22,31H,5,13-14,29H2,1-4H3/t22-/m0/s1. The maximum absolute atomic E-state index is 13.7. The van der Waals surface area contributed by atoms with Crippen LogP contribution in [0.25, 0.3) is 0 Å². The molecule has 1 aliphatic heterocycles. The Morgan fingerprint density at radius 1 is 1.20 bits per heavy atom.